The Morgan fingerprint density at radius 2 is 1.91 bits per heavy atom. The van der Waals surface area contributed by atoms with E-state index in [1.165, 1.54) is 25.7 Å². The van der Waals surface area contributed by atoms with Crippen molar-refractivity contribution in [1.82, 2.24) is 10.2 Å². The number of phenols is 1. The van der Waals surface area contributed by atoms with Gasteiger partial charge < -0.3 is 29.6 Å². The SMILES string of the molecule is COc1cc(C(CC(=O)NCC2(N(C)C)CCCCC2)c2oc(C)cc(=O)c2O)ccc1O. The van der Waals surface area contributed by atoms with Gasteiger partial charge in [0.25, 0.3) is 0 Å². The number of carbonyl (C=O) groups excluding carboxylic acids is 1. The molecule has 1 aliphatic carbocycles. The van der Waals surface area contributed by atoms with E-state index >= 15 is 0 Å². The molecule has 33 heavy (non-hydrogen) atoms. The van der Waals surface area contributed by atoms with E-state index in [0.29, 0.717) is 17.9 Å². The number of methoxy groups -OCH3 is 1. The molecule has 1 saturated carbocycles. The summed E-state index contributed by atoms with van der Waals surface area (Å²) in [6, 6.07) is 5.86. The molecule has 0 spiro atoms. The number of aryl methyl sites for hydroxylation is 1. The summed E-state index contributed by atoms with van der Waals surface area (Å²) in [5.74, 6) is -0.968. The molecule has 1 fully saturated rings. The molecule has 1 atom stereocenters. The summed E-state index contributed by atoms with van der Waals surface area (Å²) in [6.45, 7) is 2.14. The summed E-state index contributed by atoms with van der Waals surface area (Å²) in [6.07, 6.45) is 5.47. The number of phenolic OH excluding ortho intramolecular Hbond substituents is 1. The third-order valence-electron chi connectivity index (χ3n) is 6.73. The normalized spacial score (nSPS) is 16.4. The zero-order chi connectivity index (χ0) is 24.2. The molecule has 8 heteroatoms. The highest BCUT2D eigenvalue weighted by Gasteiger charge is 2.35. The van der Waals surface area contributed by atoms with Crippen LogP contribution < -0.4 is 15.5 Å². The fourth-order valence-corrected chi connectivity index (χ4v) is 4.65. The average Bonchev–Trinajstić information content (AvgIpc) is 2.79. The van der Waals surface area contributed by atoms with Gasteiger partial charge in [-0.05, 0) is 51.6 Å². The van der Waals surface area contributed by atoms with E-state index in [9.17, 15) is 19.8 Å². The topological polar surface area (TPSA) is 112 Å². The highest BCUT2D eigenvalue weighted by molar-refractivity contribution is 5.77. The van der Waals surface area contributed by atoms with Crippen LogP contribution in [0.3, 0.4) is 0 Å². The molecule has 180 valence electrons. The largest absolute Gasteiger partial charge is 0.504 e. The van der Waals surface area contributed by atoms with Crippen LogP contribution in [-0.2, 0) is 4.79 Å². The first-order valence-electron chi connectivity index (χ1n) is 11.3. The molecular formula is C25H34N2O6. The molecule has 3 N–H and O–H groups in total. The van der Waals surface area contributed by atoms with Gasteiger partial charge in [-0.25, -0.2) is 0 Å². The van der Waals surface area contributed by atoms with Crippen molar-refractivity contribution in [3.8, 4) is 17.2 Å². The standard InChI is InChI=1S/C25H34N2O6/c1-16-12-20(29)23(31)24(33-16)18(17-8-9-19(28)21(13-17)32-4)14-22(30)26-15-25(27(2)3)10-6-5-7-11-25/h8-9,12-13,18,28,31H,5-7,10-11,14-15H2,1-4H3,(H,26,30). The third kappa shape index (κ3) is 5.50. The maximum atomic E-state index is 13.1. The van der Waals surface area contributed by atoms with E-state index in [1.807, 2.05) is 14.1 Å². The van der Waals surface area contributed by atoms with Crippen LogP contribution in [0, 0.1) is 6.92 Å². The molecule has 1 unspecified atom stereocenters. The second-order valence-corrected chi connectivity index (χ2v) is 9.08. The van der Waals surface area contributed by atoms with Crippen LogP contribution in [-0.4, -0.2) is 54.3 Å². The number of hydrogen-bond donors (Lipinski definition) is 3. The zero-order valence-corrected chi connectivity index (χ0v) is 19.8. The van der Waals surface area contributed by atoms with Gasteiger partial charge in [-0.2, -0.15) is 0 Å². The van der Waals surface area contributed by atoms with Crippen molar-refractivity contribution in [2.24, 2.45) is 0 Å². The van der Waals surface area contributed by atoms with Crippen LogP contribution in [0.5, 0.6) is 17.2 Å². The molecule has 1 aromatic heterocycles. The summed E-state index contributed by atoms with van der Waals surface area (Å²) >= 11 is 0. The molecular weight excluding hydrogens is 424 g/mol. The maximum absolute atomic E-state index is 13.1. The second kappa shape index (κ2) is 10.3. The molecule has 0 saturated heterocycles. The molecule has 1 amide bonds. The Morgan fingerprint density at radius 3 is 2.55 bits per heavy atom. The van der Waals surface area contributed by atoms with E-state index in [4.69, 9.17) is 9.15 Å². The number of carbonyl (C=O) groups is 1. The first-order chi connectivity index (χ1) is 15.7. The first kappa shape index (κ1) is 24.6. The first-order valence-corrected chi connectivity index (χ1v) is 11.3. The molecule has 2 aromatic rings. The fraction of sp³-hybridized carbons (Fsp3) is 0.520. The highest BCUT2D eigenvalue weighted by atomic mass is 16.5. The number of rotatable bonds is 8. The lowest BCUT2D eigenvalue weighted by Gasteiger charge is -2.43. The van der Waals surface area contributed by atoms with Gasteiger partial charge in [0.15, 0.2) is 17.3 Å². The van der Waals surface area contributed by atoms with Crippen molar-refractivity contribution in [2.45, 2.75) is 56.9 Å². The Morgan fingerprint density at radius 1 is 1.21 bits per heavy atom. The molecule has 8 nitrogen and oxygen atoms in total. The number of hydrogen-bond acceptors (Lipinski definition) is 7. The van der Waals surface area contributed by atoms with Crippen molar-refractivity contribution in [1.29, 1.82) is 0 Å². The van der Waals surface area contributed by atoms with Crippen molar-refractivity contribution in [3.05, 3.63) is 51.6 Å². The minimum Gasteiger partial charge on any atom is -0.504 e. The lowest BCUT2D eigenvalue weighted by molar-refractivity contribution is -0.122. The predicted molar refractivity (Wildman–Crippen MR) is 125 cm³/mol. The van der Waals surface area contributed by atoms with Crippen LogP contribution in [0.1, 0.15) is 61.5 Å². The number of nitrogens with zero attached hydrogens (tertiary/aromatic N) is 1. The Kier molecular flexibility index (Phi) is 7.68. The van der Waals surface area contributed by atoms with E-state index in [1.54, 1.807) is 19.1 Å². The number of aromatic hydroxyl groups is 2. The van der Waals surface area contributed by atoms with Gasteiger partial charge in [0.05, 0.1) is 13.0 Å². The van der Waals surface area contributed by atoms with Crippen LogP contribution in [0.2, 0.25) is 0 Å². The van der Waals surface area contributed by atoms with Gasteiger partial charge in [-0.15, -0.1) is 0 Å². The van der Waals surface area contributed by atoms with Crippen LogP contribution in [0.4, 0.5) is 0 Å². The van der Waals surface area contributed by atoms with Gasteiger partial charge in [0, 0.05) is 24.6 Å². The molecule has 0 radical (unpaired) electrons. The Balaban J connectivity index is 1.90. The Hall–Kier alpha value is -3.00. The predicted octanol–water partition coefficient (Wildman–Crippen LogP) is 3.27. The quantitative estimate of drug-likeness (QED) is 0.557. The van der Waals surface area contributed by atoms with Crippen LogP contribution >= 0.6 is 0 Å². The van der Waals surface area contributed by atoms with Crippen LogP contribution in [0.25, 0.3) is 0 Å². The molecule has 1 aromatic carbocycles. The van der Waals surface area contributed by atoms with E-state index in [2.05, 4.69) is 10.2 Å². The average molecular weight is 459 g/mol. The second-order valence-electron chi connectivity index (χ2n) is 9.08. The van der Waals surface area contributed by atoms with Gasteiger partial charge in [0.1, 0.15) is 5.76 Å². The summed E-state index contributed by atoms with van der Waals surface area (Å²) in [7, 11) is 5.51. The molecule has 0 aliphatic heterocycles. The Labute approximate surface area is 194 Å². The highest BCUT2D eigenvalue weighted by Crippen LogP contribution is 2.37. The van der Waals surface area contributed by atoms with Crippen LogP contribution in [0.15, 0.2) is 33.5 Å². The number of benzene rings is 1. The van der Waals surface area contributed by atoms with Crippen molar-refractivity contribution < 1.29 is 24.2 Å². The smallest absolute Gasteiger partial charge is 0.227 e. The third-order valence-corrected chi connectivity index (χ3v) is 6.73. The summed E-state index contributed by atoms with van der Waals surface area (Å²) in [5.41, 5.74) is -0.0778. The Bertz CT molecular complexity index is 1040. The summed E-state index contributed by atoms with van der Waals surface area (Å²) in [4.78, 5) is 27.5. The number of likely N-dealkylation sites (N-methyl/N-ethyl adjacent to an activating group) is 1. The van der Waals surface area contributed by atoms with Gasteiger partial charge >= 0.3 is 0 Å². The molecule has 0 bridgehead atoms. The van der Waals surface area contributed by atoms with Gasteiger partial charge in [-0.1, -0.05) is 25.3 Å². The molecule has 1 heterocycles. The molecule has 3 rings (SSSR count). The van der Waals surface area contributed by atoms with Gasteiger partial charge in [0.2, 0.25) is 17.1 Å². The van der Waals surface area contributed by atoms with Crippen molar-refractivity contribution >= 4 is 5.91 Å². The minimum atomic E-state index is -0.742. The van der Waals surface area contributed by atoms with E-state index in [0.717, 1.165) is 25.7 Å². The number of ether oxygens (including phenoxy) is 1. The van der Waals surface area contributed by atoms with E-state index < -0.39 is 17.1 Å². The van der Waals surface area contributed by atoms with Crippen molar-refractivity contribution in [3.63, 3.8) is 0 Å². The fourth-order valence-electron chi connectivity index (χ4n) is 4.65. The van der Waals surface area contributed by atoms with E-state index in [-0.39, 0.29) is 35.1 Å². The summed E-state index contributed by atoms with van der Waals surface area (Å²) < 4.78 is 10.9. The van der Waals surface area contributed by atoms with Crippen molar-refractivity contribution in [2.75, 3.05) is 27.7 Å². The monoisotopic (exact) mass is 458 g/mol. The summed E-state index contributed by atoms with van der Waals surface area (Å²) in [5, 5.41) is 23.5. The lowest BCUT2D eigenvalue weighted by Crippen LogP contribution is -2.53. The number of nitrogens with one attached hydrogen (secondary N) is 1. The van der Waals surface area contributed by atoms with Gasteiger partial charge in [-0.3, -0.25) is 9.59 Å². The zero-order valence-electron chi connectivity index (χ0n) is 19.8. The number of amides is 1. The maximum Gasteiger partial charge on any atom is 0.227 e. The lowest BCUT2D eigenvalue weighted by atomic mass is 9.80. The minimum absolute atomic E-state index is 0.0166. The molecule has 1 aliphatic rings.